The summed E-state index contributed by atoms with van der Waals surface area (Å²) in [7, 11) is 3.06. The molecule has 1 heterocycles. The van der Waals surface area contributed by atoms with E-state index < -0.39 is 5.56 Å². The molecule has 7 heteroatoms. The third-order valence-electron chi connectivity index (χ3n) is 4.42. The van der Waals surface area contributed by atoms with Gasteiger partial charge in [-0.15, -0.1) is 0 Å². The lowest BCUT2D eigenvalue weighted by atomic mass is 10.1. The van der Waals surface area contributed by atoms with E-state index in [1.54, 1.807) is 19.2 Å². The number of ether oxygens (including phenoxy) is 2. The van der Waals surface area contributed by atoms with Crippen LogP contribution in [-0.4, -0.2) is 36.5 Å². The molecule has 29 heavy (non-hydrogen) atoms. The lowest BCUT2D eigenvalue weighted by Gasteiger charge is -2.12. The molecule has 0 unspecified atom stereocenters. The van der Waals surface area contributed by atoms with E-state index in [-0.39, 0.29) is 12.5 Å². The fourth-order valence-electron chi connectivity index (χ4n) is 2.87. The van der Waals surface area contributed by atoms with E-state index in [0.717, 1.165) is 15.8 Å². The van der Waals surface area contributed by atoms with Gasteiger partial charge in [-0.05, 0) is 36.2 Å². The molecular formula is C22H23N3O4. The Morgan fingerprint density at radius 3 is 2.41 bits per heavy atom. The number of nitrogens with zero attached hydrogens (tertiary/aromatic N) is 2. The Bertz CT molecular complexity index is 1010. The minimum Gasteiger partial charge on any atom is -0.497 e. The lowest BCUT2D eigenvalue weighted by molar-refractivity contribution is -0.121. The van der Waals surface area contributed by atoms with Crippen LogP contribution < -0.4 is 20.3 Å². The molecule has 1 amide bonds. The number of hydrogen-bond acceptors (Lipinski definition) is 5. The smallest absolute Gasteiger partial charge is 0.270 e. The summed E-state index contributed by atoms with van der Waals surface area (Å²) in [6.07, 6.45) is 0.717. The summed E-state index contributed by atoms with van der Waals surface area (Å²) in [5, 5.41) is 7.18. The van der Waals surface area contributed by atoms with Gasteiger partial charge >= 0.3 is 0 Å². The number of carbonyl (C=O) groups is 1. The maximum Gasteiger partial charge on any atom is 0.270 e. The number of aromatic nitrogens is 2. The second-order valence-electron chi connectivity index (χ2n) is 6.37. The summed E-state index contributed by atoms with van der Waals surface area (Å²) in [6, 6.07) is 18.4. The molecule has 0 aliphatic carbocycles. The molecule has 0 spiro atoms. The maximum atomic E-state index is 12.3. The molecule has 7 nitrogen and oxygen atoms in total. The van der Waals surface area contributed by atoms with Crippen molar-refractivity contribution in [3.63, 3.8) is 0 Å². The Kier molecular flexibility index (Phi) is 6.63. The Morgan fingerprint density at radius 2 is 1.76 bits per heavy atom. The Morgan fingerprint density at radius 1 is 1.03 bits per heavy atom. The highest BCUT2D eigenvalue weighted by Gasteiger charge is 2.14. The number of benzene rings is 2. The first-order valence-electron chi connectivity index (χ1n) is 9.22. The summed E-state index contributed by atoms with van der Waals surface area (Å²) < 4.78 is 11.6. The first-order chi connectivity index (χ1) is 14.1. The fraction of sp³-hybridized carbons (Fsp3) is 0.227. The highest BCUT2D eigenvalue weighted by molar-refractivity contribution is 5.75. The van der Waals surface area contributed by atoms with Crippen molar-refractivity contribution in [3.8, 4) is 22.8 Å². The van der Waals surface area contributed by atoms with Crippen LogP contribution in [0.2, 0.25) is 0 Å². The molecule has 0 aliphatic rings. The molecule has 0 saturated heterocycles. The van der Waals surface area contributed by atoms with Crippen LogP contribution in [0.5, 0.6) is 11.5 Å². The Balaban J connectivity index is 1.73. The van der Waals surface area contributed by atoms with Crippen molar-refractivity contribution in [2.45, 2.75) is 13.0 Å². The van der Waals surface area contributed by atoms with Crippen molar-refractivity contribution in [3.05, 3.63) is 76.6 Å². The zero-order chi connectivity index (χ0) is 20.6. The highest BCUT2D eigenvalue weighted by Crippen LogP contribution is 2.27. The molecule has 0 saturated carbocycles. The number of hydrogen-bond donors (Lipinski definition) is 1. The molecule has 0 fully saturated rings. The molecule has 2 aromatic carbocycles. The van der Waals surface area contributed by atoms with Crippen LogP contribution >= 0.6 is 0 Å². The minimum atomic E-state index is -0.405. The molecule has 1 aromatic heterocycles. The van der Waals surface area contributed by atoms with Crippen LogP contribution in [0.15, 0.2) is 65.5 Å². The number of methoxy groups -OCH3 is 2. The largest absolute Gasteiger partial charge is 0.497 e. The van der Waals surface area contributed by atoms with Gasteiger partial charge in [0, 0.05) is 18.2 Å². The van der Waals surface area contributed by atoms with E-state index in [4.69, 9.17) is 9.47 Å². The first kappa shape index (κ1) is 20.1. The summed E-state index contributed by atoms with van der Waals surface area (Å²) in [5.41, 5.74) is 1.96. The average Bonchev–Trinajstić information content (AvgIpc) is 2.75. The van der Waals surface area contributed by atoms with Crippen LogP contribution in [0.4, 0.5) is 0 Å². The molecule has 1 N–H and O–H groups in total. The molecule has 3 rings (SSSR count). The topological polar surface area (TPSA) is 82.5 Å². The van der Waals surface area contributed by atoms with Crippen molar-refractivity contribution in [1.29, 1.82) is 0 Å². The summed E-state index contributed by atoms with van der Waals surface area (Å²) in [5.74, 6) is 0.779. The normalized spacial score (nSPS) is 10.4. The van der Waals surface area contributed by atoms with Gasteiger partial charge < -0.3 is 14.8 Å². The van der Waals surface area contributed by atoms with Crippen LogP contribution in [-0.2, 0) is 17.8 Å². The SMILES string of the molecule is COc1ccc(-c2nn(CC(=O)NCCc3ccccc3)c(=O)cc2OC)cc1. The van der Waals surface area contributed by atoms with Crippen molar-refractivity contribution < 1.29 is 14.3 Å². The standard InChI is InChI=1S/C22H23N3O4/c1-28-18-10-8-17(9-11-18)22-19(29-2)14-21(27)25(24-22)15-20(26)23-13-12-16-6-4-3-5-7-16/h3-11,14H,12-13,15H2,1-2H3,(H,23,26). The van der Waals surface area contributed by atoms with E-state index >= 15 is 0 Å². The van der Waals surface area contributed by atoms with Crippen LogP contribution in [0.25, 0.3) is 11.3 Å². The van der Waals surface area contributed by atoms with Gasteiger partial charge in [-0.1, -0.05) is 30.3 Å². The number of nitrogens with one attached hydrogen (secondary N) is 1. The van der Waals surface area contributed by atoms with Crippen molar-refractivity contribution in [2.24, 2.45) is 0 Å². The van der Waals surface area contributed by atoms with Gasteiger partial charge in [0.05, 0.1) is 14.2 Å². The van der Waals surface area contributed by atoms with Gasteiger partial charge in [0.25, 0.3) is 5.56 Å². The van der Waals surface area contributed by atoms with Gasteiger partial charge in [0.1, 0.15) is 18.0 Å². The fourth-order valence-corrected chi connectivity index (χ4v) is 2.87. The monoisotopic (exact) mass is 393 g/mol. The van der Waals surface area contributed by atoms with E-state index in [2.05, 4.69) is 10.4 Å². The number of rotatable bonds is 8. The summed E-state index contributed by atoms with van der Waals surface area (Å²) >= 11 is 0. The van der Waals surface area contributed by atoms with Crippen LogP contribution in [0.3, 0.4) is 0 Å². The van der Waals surface area contributed by atoms with E-state index in [1.807, 2.05) is 42.5 Å². The summed E-state index contributed by atoms with van der Waals surface area (Å²) in [4.78, 5) is 24.6. The van der Waals surface area contributed by atoms with Gasteiger partial charge in [-0.3, -0.25) is 9.59 Å². The zero-order valence-corrected chi connectivity index (χ0v) is 16.4. The first-order valence-corrected chi connectivity index (χ1v) is 9.22. The van der Waals surface area contributed by atoms with Crippen molar-refractivity contribution in [1.82, 2.24) is 15.1 Å². The third-order valence-corrected chi connectivity index (χ3v) is 4.42. The Hall–Kier alpha value is -3.61. The maximum absolute atomic E-state index is 12.3. The van der Waals surface area contributed by atoms with E-state index in [9.17, 15) is 9.59 Å². The van der Waals surface area contributed by atoms with Gasteiger partial charge in [0.15, 0.2) is 5.75 Å². The average molecular weight is 393 g/mol. The second kappa shape index (κ2) is 9.54. The minimum absolute atomic E-state index is 0.166. The number of carbonyl (C=O) groups excluding carboxylic acids is 1. The van der Waals surface area contributed by atoms with Crippen LogP contribution in [0, 0.1) is 0 Å². The molecule has 0 aliphatic heterocycles. The number of amides is 1. The third kappa shape index (κ3) is 5.22. The van der Waals surface area contributed by atoms with Gasteiger partial charge in [-0.25, -0.2) is 4.68 Å². The molecular weight excluding hydrogens is 370 g/mol. The van der Waals surface area contributed by atoms with Gasteiger partial charge in [0.2, 0.25) is 5.91 Å². The van der Waals surface area contributed by atoms with Crippen LogP contribution in [0.1, 0.15) is 5.56 Å². The predicted molar refractivity (Wildman–Crippen MR) is 110 cm³/mol. The lowest BCUT2D eigenvalue weighted by Crippen LogP contribution is -2.34. The molecule has 3 aromatic rings. The predicted octanol–water partition coefficient (Wildman–Crippen LogP) is 2.29. The quantitative estimate of drug-likeness (QED) is 0.635. The second-order valence-corrected chi connectivity index (χ2v) is 6.37. The Labute approximate surface area is 168 Å². The summed E-state index contributed by atoms with van der Waals surface area (Å²) in [6.45, 7) is 0.319. The van der Waals surface area contributed by atoms with Gasteiger partial charge in [-0.2, -0.15) is 5.10 Å². The highest BCUT2D eigenvalue weighted by atomic mass is 16.5. The van der Waals surface area contributed by atoms with E-state index in [0.29, 0.717) is 30.2 Å². The molecule has 150 valence electrons. The molecule has 0 atom stereocenters. The van der Waals surface area contributed by atoms with Crippen molar-refractivity contribution in [2.75, 3.05) is 20.8 Å². The molecule has 0 bridgehead atoms. The molecule has 0 radical (unpaired) electrons. The van der Waals surface area contributed by atoms with Crippen molar-refractivity contribution >= 4 is 5.91 Å². The van der Waals surface area contributed by atoms with E-state index in [1.165, 1.54) is 13.2 Å². The zero-order valence-electron chi connectivity index (χ0n) is 16.4.